The number of nitrogens with one attached hydrogen (secondary N) is 1. The third-order valence-corrected chi connectivity index (χ3v) is 2.75. The highest BCUT2D eigenvalue weighted by Gasteiger charge is 2.07. The van der Waals surface area contributed by atoms with Crippen LogP contribution in [-0.4, -0.2) is 29.1 Å². The summed E-state index contributed by atoms with van der Waals surface area (Å²) in [5, 5.41) is 3.01. The molecule has 0 aromatic carbocycles. The lowest BCUT2D eigenvalue weighted by Gasteiger charge is -2.05. The van der Waals surface area contributed by atoms with Crippen molar-refractivity contribution in [3.8, 4) is 10.7 Å². The van der Waals surface area contributed by atoms with Crippen molar-refractivity contribution in [3.05, 3.63) is 23.5 Å². The molecule has 2 aromatic rings. The molecule has 2 aromatic heterocycles. The van der Waals surface area contributed by atoms with E-state index in [4.69, 9.17) is 4.74 Å². The van der Waals surface area contributed by atoms with Crippen molar-refractivity contribution in [2.45, 2.75) is 6.61 Å². The van der Waals surface area contributed by atoms with Gasteiger partial charge in [-0.2, -0.15) is 0 Å². The molecule has 6 heteroatoms. The Morgan fingerprint density at radius 1 is 1.44 bits per heavy atom. The Morgan fingerprint density at radius 3 is 2.94 bits per heavy atom. The maximum absolute atomic E-state index is 5.07. The van der Waals surface area contributed by atoms with E-state index in [0.29, 0.717) is 12.4 Å². The Morgan fingerprint density at radius 2 is 2.31 bits per heavy atom. The van der Waals surface area contributed by atoms with Gasteiger partial charge in [-0.1, -0.05) is 0 Å². The molecule has 0 fully saturated rings. The number of methoxy groups -OCH3 is 1. The van der Waals surface area contributed by atoms with Crippen molar-refractivity contribution in [1.29, 1.82) is 0 Å². The van der Waals surface area contributed by atoms with Gasteiger partial charge >= 0.3 is 0 Å². The first-order chi connectivity index (χ1) is 7.83. The molecular formula is C10H12N4OS. The van der Waals surface area contributed by atoms with Gasteiger partial charge in [-0.25, -0.2) is 9.97 Å². The Balaban J connectivity index is 2.41. The number of anilines is 1. The molecule has 0 saturated heterocycles. The van der Waals surface area contributed by atoms with E-state index in [2.05, 4.69) is 20.3 Å². The van der Waals surface area contributed by atoms with Gasteiger partial charge in [0.25, 0.3) is 0 Å². The van der Waals surface area contributed by atoms with Gasteiger partial charge < -0.3 is 10.1 Å². The number of aromatic nitrogens is 3. The van der Waals surface area contributed by atoms with Crippen LogP contribution in [0.2, 0.25) is 0 Å². The summed E-state index contributed by atoms with van der Waals surface area (Å²) in [4.78, 5) is 13.7. The van der Waals surface area contributed by atoms with E-state index in [1.165, 1.54) is 11.3 Å². The fourth-order valence-corrected chi connectivity index (χ4v) is 1.84. The summed E-state index contributed by atoms with van der Waals surface area (Å²) in [5.74, 6) is 1.46. The van der Waals surface area contributed by atoms with Gasteiger partial charge in [0.05, 0.1) is 22.7 Å². The monoisotopic (exact) mass is 236 g/mol. The number of hydrogen-bond donors (Lipinski definition) is 1. The van der Waals surface area contributed by atoms with Crippen LogP contribution in [0, 0.1) is 0 Å². The molecule has 0 unspecified atom stereocenters. The quantitative estimate of drug-likeness (QED) is 0.877. The van der Waals surface area contributed by atoms with Gasteiger partial charge in [0.2, 0.25) is 0 Å². The second kappa shape index (κ2) is 5.00. The van der Waals surface area contributed by atoms with Gasteiger partial charge in [-0.3, -0.25) is 4.98 Å². The minimum atomic E-state index is 0.475. The van der Waals surface area contributed by atoms with E-state index in [1.807, 2.05) is 13.1 Å². The Labute approximate surface area is 97.5 Å². The molecule has 16 heavy (non-hydrogen) atoms. The topological polar surface area (TPSA) is 59.9 Å². The predicted molar refractivity (Wildman–Crippen MR) is 63.4 cm³/mol. The molecule has 2 rings (SSSR count). The van der Waals surface area contributed by atoms with Gasteiger partial charge in [0, 0.05) is 26.4 Å². The summed E-state index contributed by atoms with van der Waals surface area (Å²) in [7, 11) is 3.48. The van der Waals surface area contributed by atoms with E-state index in [-0.39, 0.29) is 0 Å². The first-order valence-corrected chi connectivity index (χ1v) is 5.65. The van der Waals surface area contributed by atoms with Crippen molar-refractivity contribution >= 4 is 17.2 Å². The van der Waals surface area contributed by atoms with E-state index < -0.39 is 0 Å². The normalized spacial score (nSPS) is 10.4. The third-order valence-electron chi connectivity index (χ3n) is 1.98. The Kier molecular flexibility index (Phi) is 3.43. The molecule has 0 aliphatic heterocycles. The maximum Gasteiger partial charge on any atom is 0.173 e. The summed E-state index contributed by atoms with van der Waals surface area (Å²) in [6.45, 7) is 0.475. The summed E-state index contributed by atoms with van der Waals surface area (Å²) < 4.78 is 5.07. The summed E-state index contributed by atoms with van der Waals surface area (Å²) in [5.41, 5.74) is 2.62. The molecule has 0 bridgehead atoms. The second-order valence-electron chi connectivity index (χ2n) is 3.12. The standard InChI is InChI=1S/C10H12N4OS/c1-11-9-3-7(5-15-2)13-10(14-9)8-4-12-6-16-8/h3-4,6H,5H2,1-2H3,(H,11,13,14). The first-order valence-electron chi connectivity index (χ1n) is 4.77. The molecule has 5 nitrogen and oxygen atoms in total. The highest BCUT2D eigenvalue weighted by atomic mass is 32.1. The lowest BCUT2D eigenvalue weighted by Crippen LogP contribution is -2.01. The fraction of sp³-hybridized carbons (Fsp3) is 0.300. The molecule has 1 N–H and O–H groups in total. The van der Waals surface area contributed by atoms with Crippen molar-refractivity contribution in [3.63, 3.8) is 0 Å². The number of nitrogens with zero attached hydrogens (tertiary/aromatic N) is 3. The van der Waals surface area contributed by atoms with Gasteiger partial charge in [-0.05, 0) is 0 Å². The summed E-state index contributed by atoms with van der Waals surface area (Å²) in [6.07, 6.45) is 1.76. The van der Waals surface area contributed by atoms with Crippen molar-refractivity contribution in [2.24, 2.45) is 0 Å². The molecule has 0 saturated carbocycles. The zero-order valence-corrected chi connectivity index (χ0v) is 9.91. The first kappa shape index (κ1) is 11.0. The van der Waals surface area contributed by atoms with E-state index >= 15 is 0 Å². The van der Waals surface area contributed by atoms with Crippen LogP contribution in [0.5, 0.6) is 0 Å². The van der Waals surface area contributed by atoms with E-state index in [9.17, 15) is 0 Å². The molecule has 0 atom stereocenters. The van der Waals surface area contributed by atoms with Gasteiger partial charge in [-0.15, -0.1) is 11.3 Å². The summed E-state index contributed by atoms with van der Waals surface area (Å²) >= 11 is 1.52. The number of thiazole rings is 1. The van der Waals surface area contributed by atoms with Crippen molar-refractivity contribution in [1.82, 2.24) is 15.0 Å². The van der Waals surface area contributed by atoms with Crippen LogP contribution in [0.25, 0.3) is 10.7 Å². The van der Waals surface area contributed by atoms with E-state index in [1.54, 1.807) is 18.8 Å². The van der Waals surface area contributed by atoms with Crippen LogP contribution in [0.15, 0.2) is 17.8 Å². The lowest BCUT2D eigenvalue weighted by molar-refractivity contribution is 0.181. The highest BCUT2D eigenvalue weighted by Crippen LogP contribution is 2.21. The van der Waals surface area contributed by atoms with Crippen LogP contribution in [0.3, 0.4) is 0 Å². The molecule has 0 aliphatic rings. The Bertz CT molecular complexity index is 458. The molecule has 2 heterocycles. The largest absolute Gasteiger partial charge is 0.378 e. The zero-order chi connectivity index (χ0) is 11.4. The molecular weight excluding hydrogens is 224 g/mol. The van der Waals surface area contributed by atoms with Crippen LogP contribution < -0.4 is 5.32 Å². The number of ether oxygens (including phenoxy) is 1. The molecule has 0 radical (unpaired) electrons. The smallest absolute Gasteiger partial charge is 0.173 e. The van der Waals surface area contributed by atoms with Crippen LogP contribution >= 0.6 is 11.3 Å². The zero-order valence-electron chi connectivity index (χ0n) is 9.10. The van der Waals surface area contributed by atoms with Gasteiger partial charge in [0.1, 0.15) is 5.82 Å². The lowest BCUT2D eigenvalue weighted by atomic mass is 10.3. The third kappa shape index (κ3) is 2.34. The molecule has 0 spiro atoms. The molecule has 0 aliphatic carbocycles. The van der Waals surface area contributed by atoms with Crippen molar-refractivity contribution in [2.75, 3.05) is 19.5 Å². The molecule has 0 amide bonds. The fourth-order valence-electron chi connectivity index (χ4n) is 1.28. The van der Waals surface area contributed by atoms with Crippen LogP contribution in [0.1, 0.15) is 5.69 Å². The van der Waals surface area contributed by atoms with Crippen molar-refractivity contribution < 1.29 is 4.74 Å². The summed E-state index contributed by atoms with van der Waals surface area (Å²) in [6, 6.07) is 1.87. The maximum atomic E-state index is 5.07. The van der Waals surface area contributed by atoms with Crippen LogP contribution in [0.4, 0.5) is 5.82 Å². The van der Waals surface area contributed by atoms with Crippen LogP contribution in [-0.2, 0) is 11.3 Å². The average Bonchev–Trinajstić information content (AvgIpc) is 2.82. The minimum Gasteiger partial charge on any atom is -0.378 e. The number of hydrogen-bond acceptors (Lipinski definition) is 6. The van der Waals surface area contributed by atoms with Gasteiger partial charge in [0.15, 0.2) is 5.82 Å². The molecule has 84 valence electrons. The predicted octanol–water partition coefficient (Wildman–Crippen LogP) is 1.79. The van der Waals surface area contributed by atoms with E-state index in [0.717, 1.165) is 16.4 Å². The highest BCUT2D eigenvalue weighted by molar-refractivity contribution is 7.13. The number of rotatable bonds is 4. The minimum absolute atomic E-state index is 0.475. The average molecular weight is 236 g/mol. The Hall–Kier alpha value is -1.53. The second-order valence-corrected chi connectivity index (χ2v) is 4.00. The SMILES string of the molecule is CNc1cc(COC)nc(-c2cncs2)n1.